The van der Waals surface area contributed by atoms with Crippen LogP contribution in [0.4, 0.5) is 4.39 Å². The third-order valence-electron chi connectivity index (χ3n) is 4.35. The Hall–Kier alpha value is -4.06. The number of hydrogen-bond donors (Lipinski definition) is 0. The van der Waals surface area contributed by atoms with E-state index in [2.05, 4.69) is 4.99 Å². The molecule has 3 aromatic rings. The summed E-state index contributed by atoms with van der Waals surface area (Å²) >= 11 is 0. The monoisotopic (exact) mass is 401 g/mol. The zero-order valence-electron chi connectivity index (χ0n) is 16.0. The molecule has 0 spiro atoms. The Morgan fingerprint density at radius 2 is 1.77 bits per heavy atom. The number of hydrogen-bond acceptors (Lipinski definition) is 4. The number of carbonyl (C=O) groups is 2. The number of esters is 1. The number of aryl methyl sites for hydroxylation is 1. The number of rotatable bonds is 4. The predicted molar refractivity (Wildman–Crippen MR) is 110 cm³/mol. The summed E-state index contributed by atoms with van der Waals surface area (Å²) in [5.41, 5.74) is 2.69. The Kier molecular flexibility index (Phi) is 5.22. The van der Waals surface area contributed by atoms with Crippen molar-refractivity contribution in [2.75, 3.05) is 0 Å². The minimum atomic E-state index is -0.591. The minimum absolute atomic E-state index is 0.113. The highest BCUT2D eigenvalue weighted by Gasteiger charge is 2.24. The first-order chi connectivity index (χ1) is 14.5. The fourth-order valence-electron chi connectivity index (χ4n) is 2.85. The molecule has 0 bridgehead atoms. The van der Waals surface area contributed by atoms with E-state index in [4.69, 9.17) is 9.47 Å². The van der Waals surface area contributed by atoms with Crippen molar-refractivity contribution in [2.45, 2.75) is 6.92 Å². The largest absolute Gasteiger partial charge is 0.432 e. The van der Waals surface area contributed by atoms with Crippen LogP contribution in [0.25, 0.3) is 6.08 Å². The molecule has 4 rings (SSSR count). The summed E-state index contributed by atoms with van der Waals surface area (Å²) in [4.78, 5) is 28.2. The molecule has 0 saturated carbocycles. The summed E-state index contributed by atoms with van der Waals surface area (Å²) in [6.45, 7) is 1.95. The van der Waals surface area contributed by atoms with Gasteiger partial charge in [0.2, 0.25) is 5.90 Å². The number of carbonyl (C=O) groups excluding carboxylic acids is 2. The van der Waals surface area contributed by atoms with Gasteiger partial charge in [0.15, 0.2) is 5.76 Å². The second-order valence-electron chi connectivity index (χ2n) is 6.67. The van der Waals surface area contributed by atoms with E-state index in [-0.39, 0.29) is 17.2 Å². The zero-order valence-corrected chi connectivity index (χ0v) is 16.0. The molecular formula is C24H16FNO4. The summed E-state index contributed by atoms with van der Waals surface area (Å²) < 4.78 is 23.9. The van der Waals surface area contributed by atoms with Gasteiger partial charge in [-0.3, -0.25) is 4.79 Å². The van der Waals surface area contributed by atoms with Crippen LogP contribution in [-0.4, -0.2) is 17.8 Å². The molecule has 6 heteroatoms. The van der Waals surface area contributed by atoms with Crippen molar-refractivity contribution in [3.63, 3.8) is 0 Å². The molecule has 1 amide bonds. The summed E-state index contributed by atoms with van der Waals surface area (Å²) in [7, 11) is 0. The molecule has 3 aromatic carbocycles. The predicted octanol–water partition coefficient (Wildman–Crippen LogP) is 4.70. The highest BCUT2D eigenvalue weighted by atomic mass is 19.1. The first kappa shape index (κ1) is 19.3. The maximum absolute atomic E-state index is 13.0. The molecule has 148 valence electrons. The van der Waals surface area contributed by atoms with Crippen LogP contribution in [0, 0.1) is 12.7 Å². The van der Waals surface area contributed by atoms with Crippen LogP contribution in [0.3, 0.4) is 0 Å². The minimum Gasteiger partial charge on any atom is -0.432 e. The number of halogens is 1. The van der Waals surface area contributed by atoms with E-state index in [1.807, 2.05) is 31.2 Å². The van der Waals surface area contributed by atoms with Gasteiger partial charge in [-0.2, -0.15) is 4.99 Å². The van der Waals surface area contributed by atoms with Gasteiger partial charge in [0.25, 0.3) is 0 Å². The van der Waals surface area contributed by atoms with Gasteiger partial charge in [0.05, 0.1) is 5.56 Å². The average molecular weight is 401 g/mol. The first-order valence-corrected chi connectivity index (χ1v) is 9.15. The van der Waals surface area contributed by atoms with Crippen molar-refractivity contribution in [1.29, 1.82) is 0 Å². The maximum Gasteiger partial charge on any atom is 0.343 e. The Balaban J connectivity index is 1.44. The number of aliphatic imine (C=N–C) groups is 1. The average Bonchev–Trinajstić information content (AvgIpc) is 3.10. The number of nitrogens with zero attached hydrogens (tertiary/aromatic N) is 1. The van der Waals surface area contributed by atoms with E-state index in [1.165, 1.54) is 24.3 Å². The van der Waals surface area contributed by atoms with E-state index in [9.17, 15) is 14.0 Å². The lowest BCUT2D eigenvalue weighted by Gasteiger charge is -2.05. The van der Waals surface area contributed by atoms with Crippen LogP contribution in [0.5, 0.6) is 5.75 Å². The van der Waals surface area contributed by atoms with Crippen molar-refractivity contribution in [3.8, 4) is 5.75 Å². The molecule has 0 unspecified atom stereocenters. The lowest BCUT2D eigenvalue weighted by molar-refractivity contribution is -0.115. The lowest BCUT2D eigenvalue weighted by atomic mass is 10.1. The van der Waals surface area contributed by atoms with Crippen LogP contribution in [0.2, 0.25) is 0 Å². The van der Waals surface area contributed by atoms with Crippen molar-refractivity contribution >= 4 is 23.9 Å². The molecular weight excluding hydrogens is 385 g/mol. The fourth-order valence-corrected chi connectivity index (χ4v) is 2.85. The summed E-state index contributed by atoms with van der Waals surface area (Å²) in [6.07, 6.45) is 1.57. The molecule has 0 aromatic heterocycles. The third-order valence-corrected chi connectivity index (χ3v) is 4.35. The highest BCUT2D eigenvalue weighted by molar-refractivity contribution is 6.14. The molecule has 0 fully saturated rings. The molecule has 1 aliphatic rings. The topological polar surface area (TPSA) is 65.0 Å². The Bertz CT molecular complexity index is 1180. The second-order valence-corrected chi connectivity index (χ2v) is 6.67. The normalized spacial score (nSPS) is 14.4. The number of amides is 1. The molecule has 1 heterocycles. The Morgan fingerprint density at radius 1 is 1.03 bits per heavy atom. The molecule has 0 radical (unpaired) electrons. The van der Waals surface area contributed by atoms with Gasteiger partial charge in [0, 0.05) is 5.56 Å². The van der Waals surface area contributed by atoms with Gasteiger partial charge in [-0.25, -0.2) is 9.18 Å². The molecule has 1 aliphatic heterocycles. The lowest BCUT2D eigenvalue weighted by Crippen LogP contribution is -2.08. The van der Waals surface area contributed by atoms with Crippen LogP contribution in [0.1, 0.15) is 27.0 Å². The molecule has 0 atom stereocenters. The van der Waals surface area contributed by atoms with Gasteiger partial charge in [0.1, 0.15) is 11.6 Å². The fraction of sp³-hybridized carbons (Fsp3) is 0.0417. The zero-order chi connectivity index (χ0) is 21.1. The van der Waals surface area contributed by atoms with Gasteiger partial charge < -0.3 is 9.47 Å². The van der Waals surface area contributed by atoms with Gasteiger partial charge >= 0.3 is 11.9 Å². The van der Waals surface area contributed by atoms with Crippen molar-refractivity contribution in [3.05, 3.63) is 107 Å². The molecule has 0 saturated heterocycles. The second kappa shape index (κ2) is 8.13. The molecule has 5 nitrogen and oxygen atoms in total. The van der Waals surface area contributed by atoms with Crippen LogP contribution in [0.15, 0.2) is 83.5 Å². The quantitative estimate of drug-likeness (QED) is 0.361. The Morgan fingerprint density at radius 3 is 2.47 bits per heavy atom. The standard InChI is InChI=1S/C24H16FNO4/c1-15-3-2-4-18(13-15)23-26-22(27)21(30-23)14-16-5-11-20(12-6-16)29-24(28)17-7-9-19(25)10-8-17/h2-14H,1H3/b21-14+. The third kappa shape index (κ3) is 4.33. The molecule has 0 N–H and O–H groups in total. The Labute approximate surface area is 172 Å². The van der Waals surface area contributed by atoms with Crippen molar-refractivity contribution in [1.82, 2.24) is 0 Å². The van der Waals surface area contributed by atoms with Crippen LogP contribution in [-0.2, 0) is 9.53 Å². The van der Waals surface area contributed by atoms with Crippen LogP contribution >= 0.6 is 0 Å². The first-order valence-electron chi connectivity index (χ1n) is 9.15. The SMILES string of the molecule is Cc1cccc(C2=NC(=O)/C(=C\c3ccc(OC(=O)c4ccc(F)cc4)cc3)O2)c1. The number of ether oxygens (including phenoxy) is 2. The van der Waals surface area contributed by atoms with Gasteiger partial charge in [-0.15, -0.1) is 0 Å². The molecule has 0 aliphatic carbocycles. The van der Waals surface area contributed by atoms with E-state index >= 15 is 0 Å². The highest BCUT2D eigenvalue weighted by Crippen LogP contribution is 2.21. The van der Waals surface area contributed by atoms with Crippen molar-refractivity contribution in [2.24, 2.45) is 4.99 Å². The van der Waals surface area contributed by atoms with E-state index in [1.54, 1.807) is 30.3 Å². The smallest absolute Gasteiger partial charge is 0.343 e. The molecule has 30 heavy (non-hydrogen) atoms. The van der Waals surface area contributed by atoms with Gasteiger partial charge in [-0.05, 0) is 67.1 Å². The number of benzene rings is 3. The van der Waals surface area contributed by atoms with E-state index < -0.39 is 17.7 Å². The van der Waals surface area contributed by atoms with Crippen molar-refractivity contribution < 1.29 is 23.5 Å². The van der Waals surface area contributed by atoms with E-state index in [0.29, 0.717) is 11.3 Å². The summed E-state index contributed by atoms with van der Waals surface area (Å²) in [5, 5.41) is 0. The maximum atomic E-state index is 13.0. The van der Waals surface area contributed by atoms with Crippen LogP contribution < -0.4 is 4.74 Å². The summed E-state index contributed by atoms with van der Waals surface area (Å²) in [6, 6.07) is 19.2. The summed E-state index contributed by atoms with van der Waals surface area (Å²) in [5.74, 6) is -0.781. The van der Waals surface area contributed by atoms with E-state index in [0.717, 1.165) is 11.1 Å². The van der Waals surface area contributed by atoms with Gasteiger partial charge in [-0.1, -0.05) is 29.8 Å².